The number of anilines is 1. The molecule has 0 bridgehead atoms. The molecule has 0 aliphatic rings. The van der Waals surface area contributed by atoms with Gasteiger partial charge in [-0.3, -0.25) is 13.9 Å². The summed E-state index contributed by atoms with van der Waals surface area (Å²) in [5.74, 6) is -0.986. The molecule has 1 N–H and O–H groups in total. The summed E-state index contributed by atoms with van der Waals surface area (Å²) in [5, 5.41) is 3.79. The van der Waals surface area contributed by atoms with Gasteiger partial charge in [0.1, 0.15) is 12.6 Å². The minimum Gasteiger partial charge on any atom is -0.352 e. The first-order chi connectivity index (χ1) is 18.4. The number of sulfonamides is 1. The fourth-order valence-corrected chi connectivity index (χ4v) is 6.16. The third kappa shape index (κ3) is 7.66. The molecule has 0 unspecified atom stereocenters. The van der Waals surface area contributed by atoms with Crippen LogP contribution in [-0.4, -0.2) is 43.8 Å². The van der Waals surface area contributed by atoms with E-state index < -0.39 is 28.5 Å². The predicted octanol–water partition coefficient (Wildman–Crippen LogP) is 6.17. The van der Waals surface area contributed by atoms with Crippen molar-refractivity contribution in [2.24, 2.45) is 0 Å². The summed E-state index contributed by atoms with van der Waals surface area (Å²) in [6.45, 7) is 4.71. The summed E-state index contributed by atoms with van der Waals surface area (Å²) in [6.07, 6.45) is 0.273. The molecule has 0 heterocycles. The summed E-state index contributed by atoms with van der Waals surface area (Å²) in [5.41, 5.74) is 0.653. The second-order valence-electron chi connectivity index (χ2n) is 9.11. The van der Waals surface area contributed by atoms with Gasteiger partial charge in [0.05, 0.1) is 10.6 Å². The molecule has 1 atom stereocenters. The molecule has 0 aliphatic heterocycles. The normalized spacial score (nSPS) is 12.2. The number of hydrogen-bond acceptors (Lipinski definition) is 4. The lowest BCUT2D eigenvalue weighted by Crippen LogP contribution is -2.53. The average molecular weight is 611 g/mol. The number of carbonyl (C=O) groups excluding carboxylic acids is 2. The van der Waals surface area contributed by atoms with Crippen LogP contribution in [0.3, 0.4) is 0 Å². The molecular weight excluding hydrogens is 581 g/mol. The molecule has 0 spiro atoms. The van der Waals surface area contributed by atoms with Crippen LogP contribution in [0.2, 0.25) is 15.1 Å². The van der Waals surface area contributed by atoms with Crippen molar-refractivity contribution in [3.05, 3.63) is 93.4 Å². The van der Waals surface area contributed by atoms with E-state index in [1.807, 2.05) is 13.8 Å². The van der Waals surface area contributed by atoms with Gasteiger partial charge < -0.3 is 10.2 Å². The van der Waals surface area contributed by atoms with Crippen molar-refractivity contribution >= 4 is 62.3 Å². The molecule has 11 heteroatoms. The Kier molecular flexibility index (Phi) is 10.7. The SMILES string of the molecule is CC[C@@H](C(=O)NC(C)C)N(Cc1c(Cl)cccc1Cl)C(=O)CN(c1cccc(Cl)c1)S(=O)(=O)c1ccccc1. The highest BCUT2D eigenvalue weighted by atomic mass is 35.5. The van der Waals surface area contributed by atoms with Crippen molar-refractivity contribution in [1.82, 2.24) is 10.2 Å². The molecule has 3 aromatic carbocycles. The van der Waals surface area contributed by atoms with Gasteiger partial charge in [0.2, 0.25) is 11.8 Å². The first-order valence-electron chi connectivity index (χ1n) is 12.3. The van der Waals surface area contributed by atoms with Crippen molar-refractivity contribution in [2.75, 3.05) is 10.8 Å². The number of halogens is 3. The number of amides is 2. The largest absolute Gasteiger partial charge is 0.352 e. The Labute approximate surface area is 244 Å². The zero-order valence-corrected chi connectivity index (χ0v) is 24.9. The molecule has 0 aliphatic carbocycles. The van der Waals surface area contributed by atoms with Crippen LogP contribution >= 0.6 is 34.8 Å². The second kappa shape index (κ2) is 13.5. The van der Waals surface area contributed by atoms with Gasteiger partial charge in [0.15, 0.2) is 0 Å². The average Bonchev–Trinajstić information content (AvgIpc) is 2.88. The topological polar surface area (TPSA) is 86.8 Å². The van der Waals surface area contributed by atoms with Crippen LogP contribution in [0.1, 0.15) is 32.8 Å². The van der Waals surface area contributed by atoms with Crippen molar-refractivity contribution in [1.29, 1.82) is 0 Å². The molecule has 0 aromatic heterocycles. The predicted molar refractivity (Wildman–Crippen MR) is 157 cm³/mol. The molecule has 2 amide bonds. The van der Waals surface area contributed by atoms with Crippen LogP contribution in [0.5, 0.6) is 0 Å². The summed E-state index contributed by atoms with van der Waals surface area (Å²) in [6, 6.07) is 17.9. The highest BCUT2D eigenvalue weighted by Crippen LogP contribution is 2.29. The van der Waals surface area contributed by atoms with E-state index in [4.69, 9.17) is 34.8 Å². The van der Waals surface area contributed by atoms with E-state index in [1.165, 1.54) is 23.1 Å². The van der Waals surface area contributed by atoms with Gasteiger partial charge in [-0.05, 0) is 62.7 Å². The van der Waals surface area contributed by atoms with E-state index in [-0.39, 0.29) is 35.5 Å². The maximum atomic E-state index is 14.0. The van der Waals surface area contributed by atoms with Gasteiger partial charge in [-0.25, -0.2) is 8.42 Å². The Hall–Kier alpha value is -2.78. The number of hydrogen-bond donors (Lipinski definition) is 1. The van der Waals surface area contributed by atoms with Gasteiger partial charge in [0.25, 0.3) is 10.0 Å². The van der Waals surface area contributed by atoms with Crippen LogP contribution in [0.15, 0.2) is 77.7 Å². The highest BCUT2D eigenvalue weighted by Gasteiger charge is 2.34. The first kappa shape index (κ1) is 30.8. The van der Waals surface area contributed by atoms with Gasteiger partial charge in [-0.1, -0.05) is 72.1 Å². The lowest BCUT2D eigenvalue weighted by molar-refractivity contribution is -0.140. The maximum Gasteiger partial charge on any atom is 0.264 e. The van der Waals surface area contributed by atoms with Crippen LogP contribution in [0.4, 0.5) is 5.69 Å². The molecule has 39 heavy (non-hydrogen) atoms. The zero-order valence-electron chi connectivity index (χ0n) is 21.8. The monoisotopic (exact) mass is 609 g/mol. The van der Waals surface area contributed by atoms with Gasteiger partial charge in [-0.15, -0.1) is 0 Å². The first-order valence-corrected chi connectivity index (χ1v) is 14.9. The molecule has 0 saturated carbocycles. The lowest BCUT2D eigenvalue weighted by atomic mass is 10.1. The third-order valence-electron chi connectivity index (χ3n) is 5.91. The second-order valence-corrected chi connectivity index (χ2v) is 12.2. The van der Waals surface area contributed by atoms with Crippen molar-refractivity contribution in [2.45, 2.75) is 50.7 Å². The zero-order chi connectivity index (χ0) is 28.7. The summed E-state index contributed by atoms with van der Waals surface area (Å²) in [7, 11) is -4.19. The fraction of sp³-hybridized carbons (Fsp3) is 0.286. The van der Waals surface area contributed by atoms with E-state index >= 15 is 0 Å². The number of benzene rings is 3. The van der Waals surface area contributed by atoms with E-state index in [1.54, 1.807) is 61.5 Å². The van der Waals surface area contributed by atoms with E-state index in [0.717, 1.165) is 4.31 Å². The molecule has 7 nitrogen and oxygen atoms in total. The molecule has 0 radical (unpaired) electrons. The lowest BCUT2D eigenvalue weighted by Gasteiger charge is -2.34. The molecule has 3 aromatic rings. The summed E-state index contributed by atoms with van der Waals surface area (Å²) < 4.78 is 28.5. The van der Waals surface area contributed by atoms with Gasteiger partial charge in [-0.2, -0.15) is 0 Å². The minimum atomic E-state index is -4.19. The van der Waals surface area contributed by atoms with Crippen molar-refractivity contribution < 1.29 is 18.0 Å². The quantitative estimate of drug-likeness (QED) is 0.281. The maximum absolute atomic E-state index is 14.0. The molecular formula is C28H30Cl3N3O4S. The van der Waals surface area contributed by atoms with E-state index in [0.29, 0.717) is 20.6 Å². The fourth-order valence-electron chi connectivity index (χ4n) is 4.03. The van der Waals surface area contributed by atoms with Crippen LogP contribution in [-0.2, 0) is 26.2 Å². The standard InChI is InChI=1S/C28H30Cl3N3O4S/c1-4-26(28(36)32-19(2)3)33(17-23-24(30)14-9-15-25(23)31)27(35)18-34(21-11-8-10-20(29)16-21)39(37,38)22-12-6-5-7-13-22/h5-16,19,26H,4,17-18H2,1-3H3,(H,32,36)/t26-/m0/s1. The van der Waals surface area contributed by atoms with Crippen LogP contribution < -0.4 is 9.62 Å². The van der Waals surface area contributed by atoms with Gasteiger partial charge in [0, 0.05) is 33.2 Å². The number of nitrogens with zero attached hydrogens (tertiary/aromatic N) is 2. The summed E-state index contributed by atoms with van der Waals surface area (Å²) in [4.78, 5) is 28.5. The van der Waals surface area contributed by atoms with Crippen LogP contribution in [0, 0.1) is 0 Å². The number of rotatable bonds is 11. The smallest absolute Gasteiger partial charge is 0.264 e. The number of carbonyl (C=O) groups is 2. The Morgan fingerprint density at radius 3 is 2.08 bits per heavy atom. The van der Waals surface area contributed by atoms with Gasteiger partial charge >= 0.3 is 0 Å². The molecule has 208 valence electrons. The molecule has 3 rings (SSSR count). The van der Waals surface area contributed by atoms with Crippen LogP contribution in [0.25, 0.3) is 0 Å². The Morgan fingerprint density at radius 2 is 1.51 bits per heavy atom. The van der Waals surface area contributed by atoms with E-state index in [9.17, 15) is 18.0 Å². The molecule has 0 saturated heterocycles. The highest BCUT2D eigenvalue weighted by molar-refractivity contribution is 7.92. The Balaban J connectivity index is 2.10. The number of nitrogens with one attached hydrogen (secondary N) is 1. The Morgan fingerprint density at radius 1 is 0.897 bits per heavy atom. The van der Waals surface area contributed by atoms with E-state index in [2.05, 4.69) is 5.32 Å². The van der Waals surface area contributed by atoms with Crippen molar-refractivity contribution in [3.8, 4) is 0 Å². The summed E-state index contributed by atoms with van der Waals surface area (Å²) >= 11 is 19.0. The Bertz CT molecular complexity index is 1400. The third-order valence-corrected chi connectivity index (χ3v) is 8.64. The minimum absolute atomic E-state index is 0.00284. The molecule has 0 fully saturated rings. The van der Waals surface area contributed by atoms with Crippen molar-refractivity contribution in [3.63, 3.8) is 0 Å².